The van der Waals surface area contributed by atoms with Crippen LogP contribution >= 0.6 is 0 Å². The third kappa shape index (κ3) is 3.63. The number of aliphatic carboxylic acids is 1. The average molecular weight is 239 g/mol. The van der Waals surface area contributed by atoms with Crippen LogP contribution in [0.15, 0.2) is 24.0 Å². The number of allylic oxidation sites excluding steroid dienone is 1. The highest BCUT2D eigenvalue weighted by Gasteiger charge is 2.18. The van der Waals surface area contributed by atoms with Crippen LogP contribution in [0.3, 0.4) is 0 Å². The molecule has 0 saturated heterocycles. The molecular formula is C10H13N3O4. The maximum Gasteiger partial charge on any atom is 0.369 e. The molecule has 0 aliphatic carbocycles. The van der Waals surface area contributed by atoms with E-state index >= 15 is 0 Å². The number of aryl methyl sites for hydroxylation is 1. The second-order valence-corrected chi connectivity index (χ2v) is 3.23. The molecule has 0 amide bonds. The first-order chi connectivity index (χ1) is 8.04. The van der Waals surface area contributed by atoms with E-state index in [4.69, 9.17) is 5.11 Å². The second kappa shape index (κ2) is 5.69. The Kier molecular flexibility index (Phi) is 4.27. The van der Waals surface area contributed by atoms with E-state index in [1.165, 1.54) is 17.0 Å². The van der Waals surface area contributed by atoms with E-state index in [-0.39, 0.29) is 0 Å². The molecule has 0 saturated carbocycles. The van der Waals surface area contributed by atoms with Gasteiger partial charge in [0, 0.05) is 7.05 Å². The zero-order valence-electron chi connectivity index (χ0n) is 9.51. The van der Waals surface area contributed by atoms with Gasteiger partial charge in [0.15, 0.2) is 0 Å². The second-order valence-electron chi connectivity index (χ2n) is 3.23. The number of carbonyl (C=O) groups is 2. The summed E-state index contributed by atoms with van der Waals surface area (Å²) in [7, 11) is 1.70. The molecule has 0 spiro atoms. The minimum absolute atomic E-state index is 0.399. The highest BCUT2D eigenvalue weighted by Crippen LogP contribution is 2.06. The zero-order chi connectivity index (χ0) is 12.8. The Labute approximate surface area is 97.6 Å². The monoisotopic (exact) mass is 239 g/mol. The summed E-state index contributed by atoms with van der Waals surface area (Å²) >= 11 is 0. The van der Waals surface area contributed by atoms with E-state index < -0.39 is 17.5 Å². The first-order valence-electron chi connectivity index (χ1n) is 4.94. The molecular weight excluding hydrogens is 226 g/mol. The van der Waals surface area contributed by atoms with E-state index in [9.17, 15) is 9.59 Å². The molecule has 1 aromatic rings. The van der Waals surface area contributed by atoms with Crippen molar-refractivity contribution >= 4 is 17.6 Å². The van der Waals surface area contributed by atoms with Crippen molar-refractivity contribution in [2.45, 2.75) is 13.3 Å². The minimum Gasteiger partial charge on any atom is -0.477 e. The lowest BCUT2D eigenvalue weighted by Gasteiger charge is -2.04. The van der Waals surface area contributed by atoms with Crippen molar-refractivity contribution < 1.29 is 19.5 Å². The number of nitrogens with one attached hydrogen (secondary N) is 1. The highest BCUT2D eigenvalue weighted by atomic mass is 16.7. The van der Waals surface area contributed by atoms with Gasteiger partial charge in [-0.25, -0.2) is 15.1 Å². The minimum atomic E-state index is -1.31. The molecule has 1 heterocycles. The van der Waals surface area contributed by atoms with Crippen molar-refractivity contribution in [3.05, 3.63) is 24.0 Å². The molecule has 0 atom stereocenters. The maximum atomic E-state index is 11.4. The predicted molar refractivity (Wildman–Crippen MR) is 58.9 cm³/mol. The number of carbonyl (C=O) groups excluding carboxylic acids is 1. The number of carboxylic acids is 1. The molecule has 7 nitrogen and oxygen atoms in total. The van der Waals surface area contributed by atoms with Gasteiger partial charge in [0.1, 0.15) is 11.3 Å². The standard InChI is InChI=1S/C10H13N3O4/c1-3-4-8(9(14)15)10(16)17-12-7-5-11-13(2)6-7/h4-6,12H,3H2,1-2H3,(H,14,15). The van der Waals surface area contributed by atoms with Gasteiger partial charge in [0.2, 0.25) is 0 Å². The summed E-state index contributed by atoms with van der Waals surface area (Å²) in [5.41, 5.74) is 2.38. The van der Waals surface area contributed by atoms with Crippen molar-refractivity contribution in [1.82, 2.24) is 9.78 Å². The molecule has 0 aromatic carbocycles. The Morgan fingerprint density at radius 2 is 2.35 bits per heavy atom. The Bertz CT molecular complexity index is 450. The summed E-state index contributed by atoms with van der Waals surface area (Å²) in [6.45, 7) is 1.73. The maximum absolute atomic E-state index is 11.4. The Morgan fingerprint density at radius 3 is 2.82 bits per heavy atom. The lowest BCUT2D eigenvalue weighted by molar-refractivity contribution is -0.142. The summed E-state index contributed by atoms with van der Waals surface area (Å²) in [4.78, 5) is 26.8. The van der Waals surface area contributed by atoms with Crippen molar-refractivity contribution in [2.24, 2.45) is 7.05 Å². The predicted octanol–water partition coefficient (Wildman–Crippen LogP) is 0.711. The van der Waals surface area contributed by atoms with Gasteiger partial charge >= 0.3 is 11.9 Å². The smallest absolute Gasteiger partial charge is 0.369 e. The van der Waals surface area contributed by atoms with Crippen molar-refractivity contribution in [1.29, 1.82) is 0 Å². The van der Waals surface area contributed by atoms with E-state index in [1.807, 2.05) is 0 Å². The van der Waals surface area contributed by atoms with Crippen molar-refractivity contribution in [2.75, 3.05) is 5.48 Å². The quantitative estimate of drug-likeness (QED) is 0.340. The van der Waals surface area contributed by atoms with Crippen LogP contribution in [0.1, 0.15) is 13.3 Å². The molecule has 7 heteroatoms. The summed E-state index contributed by atoms with van der Waals surface area (Å²) in [6.07, 6.45) is 4.74. The van der Waals surface area contributed by atoms with Crippen LogP contribution in [0.4, 0.5) is 5.69 Å². The molecule has 0 bridgehead atoms. The van der Waals surface area contributed by atoms with Gasteiger partial charge in [-0.2, -0.15) is 5.10 Å². The molecule has 0 aliphatic heterocycles. The van der Waals surface area contributed by atoms with Gasteiger partial charge in [0.25, 0.3) is 0 Å². The fourth-order valence-corrected chi connectivity index (χ4v) is 1.10. The topological polar surface area (TPSA) is 93.4 Å². The first kappa shape index (κ1) is 12.8. The van der Waals surface area contributed by atoms with Gasteiger partial charge in [0.05, 0.1) is 12.4 Å². The number of hydrogen-bond donors (Lipinski definition) is 2. The van der Waals surface area contributed by atoms with Crippen LogP contribution in [0.2, 0.25) is 0 Å². The van der Waals surface area contributed by atoms with E-state index in [0.717, 1.165) is 0 Å². The molecule has 0 radical (unpaired) electrons. The van der Waals surface area contributed by atoms with Gasteiger partial charge in [-0.3, -0.25) is 4.68 Å². The molecule has 1 aromatic heterocycles. The van der Waals surface area contributed by atoms with Crippen molar-refractivity contribution in [3.8, 4) is 0 Å². The first-order valence-corrected chi connectivity index (χ1v) is 4.94. The fourth-order valence-electron chi connectivity index (χ4n) is 1.10. The van der Waals surface area contributed by atoms with Crippen LogP contribution in [-0.2, 0) is 21.5 Å². The van der Waals surface area contributed by atoms with Gasteiger partial charge in [-0.15, -0.1) is 0 Å². The van der Waals surface area contributed by atoms with Crippen molar-refractivity contribution in [3.63, 3.8) is 0 Å². The molecule has 1 rings (SSSR count). The van der Waals surface area contributed by atoms with Crippen LogP contribution in [0, 0.1) is 0 Å². The summed E-state index contributed by atoms with van der Waals surface area (Å²) in [5.74, 6) is -2.26. The third-order valence-corrected chi connectivity index (χ3v) is 1.83. The van der Waals surface area contributed by atoms with E-state index in [1.54, 1.807) is 20.2 Å². The Morgan fingerprint density at radius 1 is 1.65 bits per heavy atom. The fraction of sp³-hybridized carbons (Fsp3) is 0.300. The molecule has 0 unspecified atom stereocenters. The van der Waals surface area contributed by atoms with Gasteiger partial charge < -0.3 is 9.94 Å². The lowest BCUT2D eigenvalue weighted by atomic mass is 10.2. The SMILES string of the molecule is CCC=C(C(=O)O)C(=O)ONc1cnn(C)c1. The summed E-state index contributed by atoms with van der Waals surface area (Å²) in [6, 6.07) is 0. The van der Waals surface area contributed by atoms with E-state index in [0.29, 0.717) is 12.1 Å². The number of nitrogens with zero attached hydrogens (tertiary/aromatic N) is 2. The molecule has 92 valence electrons. The van der Waals surface area contributed by atoms with Gasteiger partial charge in [-0.05, 0) is 6.42 Å². The Hall–Kier alpha value is -2.31. The van der Waals surface area contributed by atoms with Crippen LogP contribution < -0.4 is 5.48 Å². The van der Waals surface area contributed by atoms with Gasteiger partial charge in [-0.1, -0.05) is 13.0 Å². The Balaban J connectivity index is 2.59. The molecule has 2 N–H and O–H groups in total. The number of anilines is 1. The van der Waals surface area contributed by atoms with Crippen LogP contribution in [-0.4, -0.2) is 26.8 Å². The van der Waals surface area contributed by atoms with E-state index in [2.05, 4.69) is 15.4 Å². The molecule has 17 heavy (non-hydrogen) atoms. The average Bonchev–Trinajstić information content (AvgIpc) is 2.68. The third-order valence-electron chi connectivity index (χ3n) is 1.83. The number of rotatable bonds is 5. The summed E-state index contributed by atoms with van der Waals surface area (Å²) < 4.78 is 1.51. The number of aromatic nitrogens is 2. The molecule has 0 fully saturated rings. The van der Waals surface area contributed by atoms with Crippen LogP contribution in [0.25, 0.3) is 0 Å². The largest absolute Gasteiger partial charge is 0.477 e. The van der Waals surface area contributed by atoms with Crippen LogP contribution in [0.5, 0.6) is 0 Å². The number of hydrogen-bond acceptors (Lipinski definition) is 5. The highest BCUT2D eigenvalue weighted by molar-refractivity contribution is 6.13. The lowest BCUT2D eigenvalue weighted by Crippen LogP contribution is -2.18. The normalized spacial score (nSPS) is 11.1. The summed E-state index contributed by atoms with van der Waals surface area (Å²) in [5, 5.41) is 12.6. The zero-order valence-corrected chi connectivity index (χ0v) is 9.51. The molecule has 0 aliphatic rings. The number of carboxylic acid groups (broad SMARTS) is 1.